The van der Waals surface area contributed by atoms with E-state index in [-0.39, 0.29) is 4.90 Å². The fourth-order valence-corrected chi connectivity index (χ4v) is 4.08. The van der Waals surface area contributed by atoms with Crippen molar-refractivity contribution in [3.8, 4) is 0 Å². The van der Waals surface area contributed by atoms with Gasteiger partial charge in [0.15, 0.2) is 0 Å². The van der Waals surface area contributed by atoms with Crippen molar-refractivity contribution >= 4 is 10.0 Å². The van der Waals surface area contributed by atoms with Crippen LogP contribution in [0.25, 0.3) is 0 Å². The second-order valence-corrected chi connectivity index (χ2v) is 6.62. The molecule has 17 heavy (non-hydrogen) atoms. The molecule has 0 N–H and O–H groups in total. The molecule has 4 nitrogen and oxygen atoms in total. The maximum Gasteiger partial charge on any atom is 0.248 e. The van der Waals surface area contributed by atoms with Gasteiger partial charge in [-0.15, -0.1) is 0 Å². The molecule has 2 heterocycles. The minimum atomic E-state index is -3.78. The summed E-state index contributed by atoms with van der Waals surface area (Å²) in [5, 5.41) is 0. The number of halogens is 1. The van der Waals surface area contributed by atoms with E-state index >= 15 is 0 Å². The summed E-state index contributed by atoms with van der Waals surface area (Å²) in [5.74, 6) is -0.935. The Bertz CT molecular complexity index is 528. The van der Waals surface area contributed by atoms with E-state index in [0.29, 0.717) is 6.54 Å². The Morgan fingerprint density at radius 2 is 2.18 bits per heavy atom. The number of sulfonamides is 1. The Kier molecular flexibility index (Phi) is 2.95. The topological polar surface area (TPSA) is 50.3 Å². The summed E-state index contributed by atoms with van der Waals surface area (Å²) in [6, 6.07) is 2.69. The van der Waals surface area contributed by atoms with Crippen molar-refractivity contribution in [3.05, 3.63) is 24.3 Å². The Balaban J connectivity index is 2.48. The van der Waals surface area contributed by atoms with Gasteiger partial charge in [0, 0.05) is 18.3 Å². The van der Waals surface area contributed by atoms with E-state index in [9.17, 15) is 12.8 Å². The first kappa shape index (κ1) is 12.4. The lowest BCUT2D eigenvalue weighted by molar-refractivity contribution is 0.290. The first-order chi connectivity index (χ1) is 7.86. The molecule has 1 saturated heterocycles. The van der Waals surface area contributed by atoms with Crippen molar-refractivity contribution in [2.24, 2.45) is 0 Å². The molecule has 0 aromatic carbocycles. The van der Waals surface area contributed by atoms with Gasteiger partial charge in [-0.25, -0.2) is 13.4 Å². The molecule has 0 radical (unpaired) electrons. The van der Waals surface area contributed by atoms with Crippen LogP contribution in [-0.2, 0) is 10.0 Å². The minimum Gasteiger partial charge on any atom is -0.227 e. The van der Waals surface area contributed by atoms with Gasteiger partial charge in [0.2, 0.25) is 16.0 Å². The van der Waals surface area contributed by atoms with Crippen LogP contribution in [0.15, 0.2) is 23.2 Å². The van der Waals surface area contributed by atoms with Crippen molar-refractivity contribution in [1.82, 2.24) is 9.29 Å². The van der Waals surface area contributed by atoms with E-state index in [1.54, 1.807) is 0 Å². The highest BCUT2D eigenvalue weighted by Crippen LogP contribution is 2.34. The molecule has 0 saturated carbocycles. The van der Waals surface area contributed by atoms with Crippen molar-refractivity contribution in [2.45, 2.75) is 37.1 Å². The second kappa shape index (κ2) is 4.03. The number of pyridine rings is 1. The van der Waals surface area contributed by atoms with Crippen molar-refractivity contribution in [2.75, 3.05) is 6.54 Å². The van der Waals surface area contributed by atoms with Crippen LogP contribution in [0.3, 0.4) is 0 Å². The molecule has 6 heteroatoms. The molecule has 0 amide bonds. The molecule has 94 valence electrons. The second-order valence-electron chi connectivity index (χ2n) is 4.79. The van der Waals surface area contributed by atoms with Crippen LogP contribution in [0.4, 0.5) is 4.39 Å². The molecule has 1 aliphatic heterocycles. The molecule has 0 bridgehead atoms. The molecular formula is C11H15FN2O2S. The Hall–Kier alpha value is -1.01. The summed E-state index contributed by atoms with van der Waals surface area (Å²) in [6.45, 7) is 4.14. The normalized spacial score (nSPS) is 20.6. The SMILES string of the molecule is CC1(C)CCCN1S(=O)(=O)c1cccnc1F. The zero-order valence-corrected chi connectivity index (χ0v) is 10.7. The fourth-order valence-electron chi connectivity index (χ4n) is 2.21. The molecular weight excluding hydrogens is 243 g/mol. The zero-order valence-electron chi connectivity index (χ0n) is 9.85. The van der Waals surface area contributed by atoms with Crippen molar-refractivity contribution < 1.29 is 12.8 Å². The number of nitrogens with zero attached hydrogens (tertiary/aromatic N) is 2. The van der Waals surface area contributed by atoms with E-state index in [2.05, 4.69) is 4.98 Å². The highest BCUT2D eigenvalue weighted by atomic mass is 32.2. The largest absolute Gasteiger partial charge is 0.248 e. The molecule has 0 spiro atoms. The highest BCUT2D eigenvalue weighted by Gasteiger charge is 2.41. The lowest BCUT2D eigenvalue weighted by atomic mass is 10.0. The predicted octanol–water partition coefficient (Wildman–Crippen LogP) is 1.78. The smallest absolute Gasteiger partial charge is 0.227 e. The van der Waals surface area contributed by atoms with Crippen molar-refractivity contribution in [3.63, 3.8) is 0 Å². The van der Waals surface area contributed by atoms with Gasteiger partial charge in [0.25, 0.3) is 0 Å². The third kappa shape index (κ3) is 2.07. The zero-order chi connectivity index (χ0) is 12.7. The van der Waals surface area contributed by atoms with Gasteiger partial charge in [-0.2, -0.15) is 8.70 Å². The average Bonchev–Trinajstić information content (AvgIpc) is 2.59. The third-order valence-electron chi connectivity index (χ3n) is 3.12. The summed E-state index contributed by atoms with van der Waals surface area (Å²) < 4.78 is 39.5. The monoisotopic (exact) mass is 258 g/mol. The van der Waals surface area contributed by atoms with Crippen LogP contribution in [-0.4, -0.2) is 29.8 Å². The maximum absolute atomic E-state index is 13.5. The van der Waals surface area contributed by atoms with E-state index in [4.69, 9.17) is 0 Å². The standard InChI is InChI=1S/C11H15FN2O2S/c1-11(2)6-4-8-14(11)17(15,16)9-5-3-7-13-10(9)12/h3,5,7H,4,6,8H2,1-2H3. The van der Waals surface area contributed by atoms with Crippen LogP contribution >= 0.6 is 0 Å². The predicted molar refractivity (Wildman–Crippen MR) is 61.4 cm³/mol. The van der Waals surface area contributed by atoms with Crippen molar-refractivity contribution in [1.29, 1.82) is 0 Å². The van der Waals surface area contributed by atoms with E-state index in [0.717, 1.165) is 12.8 Å². The maximum atomic E-state index is 13.5. The first-order valence-electron chi connectivity index (χ1n) is 5.49. The summed E-state index contributed by atoms with van der Waals surface area (Å²) in [6.07, 6.45) is 2.83. The van der Waals surface area contributed by atoms with Gasteiger partial charge in [0.05, 0.1) is 0 Å². The van der Waals surface area contributed by atoms with E-state index in [1.165, 1.54) is 22.6 Å². The molecule has 1 aliphatic rings. The molecule has 0 atom stereocenters. The molecule has 1 aromatic rings. The van der Waals surface area contributed by atoms with Gasteiger partial charge in [-0.05, 0) is 38.8 Å². The van der Waals surface area contributed by atoms with Gasteiger partial charge in [0.1, 0.15) is 4.90 Å². The fraction of sp³-hybridized carbons (Fsp3) is 0.545. The lowest BCUT2D eigenvalue weighted by Gasteiger charge is -2.30. The van der Waals surface area contributed by atoms with Crippen LogP contribution < -0.4 is 0 Å². The highest BCUT2D eigenvalue weighted by molar-refractivity contribution is 7.89. The van der Waals surface area contributed by atoms with Crippen LogP contribution in [0.5, 0.6) is 0 Å². The number of hydrogen-bond acceptors (Lipinski definition) is 3. The number of rotatable bonds is 2. The van der Waals surface area contributed by atoms with Crippen LogP contribution in [0, 0.1) is 5.95 Å². The lowest BCUT2D eigenvalue weighted by Crippen LogP contribution is -2.42. The molecule has 1 fully saturated rings. The molecule has 0 aliphatic carbocycles. The Morgan fingerprint density at radius 3 is 2.71 bits per heavy atom. The van der Waals surface area contributed by atoms with Gasteiger partial charge in [-0.1, -0.05) is 0 Å². The quantitative estimate of drug-likeness (QED) is 0.760. The summed E-state index contributed by atoms with van der Waals surface area (Å²) in [4.78, 5) is 3.05. The number of aromatic nitrogens is 1. The van der Waals surface area contributed by atoms with Crippen LogP contribution in [0.2, 0.25) is 0 Å². The summed E-state index contributed by atoms with van der Waals surface area (Å²) >= 11 is 0. The van der Waals surface area contributed by atoms with Gasteiger partial charge in [-0.3, -0.25) is 0 Å². The third-order valence-corrected chi connectivity index (χ3v) is 5.24. The Morgan fingerprint density at radius 1 is 1.47 bits per heavy atom. The molecule has 2 rings (SSSR count). The van der Waals surface area contributed by atoms with Gasteiger partial charge >= 0.3 is 0 Å². The summed E-state index contributed by atoms with van der Waals surface area (Å²) in [7, 11) is -3.78. The Labute approximate surface area is 101 Å². The number of hydrogen-bond donors (Lipinski definition) is 0. The first-order valence-corrected chi connectivity index (χ1v) is 6.93. The van der Waals surface area contributed by atoms with E-state index < -0.39 is 21.5 Å². The van der Waals surface area contributed by atoms with Crippen LogP contribution in [0.1, 0.15) is 26.7 Å². The average molecular weight is 258 g/mol. The minimum absolute atomic E-state index is 0.338. The molecule has 1 aromatic heterocycles. The summed E-state index contributed by atoms with van der Waals surface area (Å²) in [5.41, 5.74) is -0.457. The molecule has 0 unspecified atom stereocenters. The van der Waals surface area contributed by atoms with Gasteiger partial charge < -0.3 is 0 Å². The van der Waals surface area contributed by atoms with E-state index in [1.807, 2.05) is 13.8 Å².